The number of alkyl halides is 3. The molecule has 4 rings (SSSR count). The Hall–Kier alpha value is -2.83. The largest absolute Gasteiger partial charge is 0.493 e. The molecule has 1 N–H and O–H groups in total. The molecule has 0 saturated heterocycles. The second-order valence-electron chi connectivity index (χ2n) is 7.45. The number of pyridine rings is 1. The van der Waals surface area contributed by atoms with Gasteiger partial charge < -0.3 is 9.72 Å². The second-order valence-corrected chi connectivity index (χ2v) is 7.45. The van der Waals surface area contributed by atoms with Gasteiger partial charge in [-0.2, -0.15) is 13.2 Å². The highest BCUT2D eigenvalue weighted by molar-refractivity contribution is 5.54. The zero-order valence-electron chi connectivity index (χ0n) is 15.8. The number of H-pyrrole nitrogens is 1. The van der Waals surface area contributed by atoms with Crippen LogP contribution in [0.3, 0.4) is 0 Å². The predicted octanol–water partition coefficient (Wildman–Crippen LogP) is 5.84. The first-order valence-electron chi connectivity index (χ1n) is 9.76. The maximum Gasteiger partial charge on any atom is 0.434 e. The summed E-state index contributed by atoms with van der Waals surface area (Å²) in [5.74, 6) is 1.99. The molecule has 2 heterocycles. The summed E-state index contributed by atoms with van der Waals surface area (Å²) in [4.78, 5) is 10.7. The number of nitrogens with one attached hydrogen (secondary N) is 1. The fraction of sp³-hybridized carbons (Fsp3) is 0.364. The molecule has 0 atom stereocenters. The van der Waals surface area contributed by atoms with Gasteiger partial charge in [0.2, 0.25) is 0 Å². The number of aromatic amines is 1. The van der Waals surface area contributed by atoms with Gasteiger partial charge in [0.15, 0.2) is 5.69 Å². The molecule has 4 nitrogen and oxygen atoms in total. The quantitative estimate of drug-likeness (QED) is 0.584. The summed E-state index contributed by atoms with van der Waals surface area (Å²) in [6.45, 7) is 0.725. The molecule has 0 unspecified atom stereocenters. The molecule has 0 bridgehead atoms. The van der Waals surface area contributed by atoms with Crippen molar-refractivity contribution in [3.8, 4) is 17.1 Å². The van der Waals surface area contributed by atoms with Gasteiger partial charge in [-0.1, -0.05) is 18.2 Å². The van der Waals surface area contributed by atoms with Crippen molar-refractivity contribution in [2.75, 3.05) is 6.61 Å². The summed E-state index contributed by atoms with van der Waals surface area (Å²) < 4.78 is 44.0. The van der Waals surface area contributed by atoms with Crippen molar-refractivity contribution in [2.24, 2.45) is 5.92 Å². The Morgan fingerprint density at radius 1 is 1.00 bits per heavy atom. The number of hydrogen-bond donors (Lipinski definition) is 1. The van der Waals surface area contributed by atoms with Gasteiger partial charge in [0.1, 0.15) is 11.6 Å². The molecule has 0 radical (unpaired) electrons. The van der Waals surface area contributed by atoms with Crippen LogP contribution in [0.5, 0.6) is 5.75 Å². The summed E-state index contributed by atoms with van der Waals surface area (Å²) in [7, 11) is 0. The van der Waals surface area contributed by atoms with Crippen LogP contribution in [-0.2, 0) is 6.18 Å². The van der Waals surface area contributed by atoms with Crippen LogP contribution in [0.1, 0.15) is 43.0 Å². The summed E-state index contributed by atoms with van der Waals surface area (Å²) in [5.41, 5.74) is 0.612. The first-order valence-corrected chi connectivity index (χ1v) is 9.76. The number of aromatic nitrogens is 3. The highest BCUT2D eigenvalue weighted by Crippen LogP contribution is 2.36. The lowest BCUT2D eigenvalue weighted by molar-refractivity contribution is -0.140. The van der Waals surface area contributed by atoms with Gasteiger partial charge in [0.25, 0.3) is 0 Å². The van der Waals surface area contributed by atoms with Crippen LogP contribution in [-0.4, -0.2) is 21.6 Å². The van der Waals surface area contributed by atoms with Crippen molar-refractivity contribution in [2.45, 2.75) is 37.8 Å². The summed E-state index contributed by atoms with van der Waals surface area (Å²) in [5, 5.41) is 0. The summed E-state index contributed by atoms with van der Waals surface area (Å²) in [6, 6.07) is 13.5. The molecule has 0 aliphatic heterocycles. The lowest BCUT2D eigenvalue weighted by Crippen LogP contribution is -2.19. The van der Waals surface area contributed by atoms with E-state index in [0.29, 0.717) is 17.4 Å². The van der Waals surface area contributed by atoms with Crippen LogP contribution >= 0.6 is 0 Å². The van der Waals surface area contributed by atoms with Gasteiger partial charge in [-0.25, -0.2) is 4.98 Å². The number of hydrogen-bond acceptors (Lipinski definition) is 3. The average Bonchev–Trinajstić information content (AvgIpc) is 3.25. The van der Waals surface area contributed by atoms with E-state index < -0.39 is 11.9 Å². The third-order valence-corrected chi connectivity index (χ3v) is 5.42. The molecular weight excluding hydrogens is 379 g/mol. The van der Waals surface area contributed by atoms with E-state index in [4.69, 9.17) is 4.74 Å². The normalized spacial score (nSPS) is 19.8. The molecule has 1 fully saturated rings. The van der Waals surface area contributed by atoms with Crippen molar-refractivity contribution in [1.29, 1.82) is 0 Å². The molecular formula is C22H22F3N3O. The average molecular weight is 401 g/mol. The first kappa shape index (κ1) is 19.5. The minimum Gasteiger partial charge on any atom is -0.493 e. The Morgan fingerprint density at radius 3 is 2.38 bits per heavy atom. The zero-order valence-corrected chi connectivity index (χ0v) is 15.8. The maximum atomic E-state index is 12.7. The second kappa shape index (κ2) is 8.27. The standard InChI is InChI=1S/C22H22F3N3O/c23-22(24,25)20-13-27-21(28-20)17-10-11-19(26-12-17)16-8-6-15(7-9-16)14-29-18-4-2-1-3-5-18/h1-5,10-13,15-16H,6-9,14H2,(H,27,28)/t15-,16+. The van der Waals surface area contributed by atoms with E-state index in [2.05, 4.69) is 15.0 Å². The van der Waals surface area contributed by atoms with Gasteiger partial charge in [-0.3, -0.25) is 4.98 Å². The zero-order chi connectivity index (χ0) is 20.3. The molecule has 7 heteroatoms. The molecule has 2 aromatic heterocycles. The lowest BCUT2D eigenvalue weighted by Gasteiger charge is -2.28. The molecule has 29 heavy (non-hydrogen) atoms. The molecule has 0 spiro atoms. The third kappa shape index (κ3) is 4.78. The van der Waals surface area contributed by atoms with Gasteiger partial charge in [0.05, 0.1) is 6.61 Å². The van der Waals surface area contributed by atoms with E-state index in [0.717, 1.165) is 49.9 Å². The Bertz CT molecular complexity index is 914. The molecule has 0 amide bonds. The van der Waals surface area contributed by atoms with Gasteiger partial charge in [-0.05, 0) is 55.9 Å². The van der Waals surface area contributed by atoms with Crippen LogP contribution in [0, 0.1) is 5.92 Å². The van der Waals surface area contributed by atoms with Gasteiger partial charge >= 0.3 is 6.18 Å². The number of para-hydroxylation sites is 1. The smallest absolute Gasteiger partial charge is 0.434 e. The van der Waals surface area contributed by atoms with E-state index in [1.807, 2.05) is 36.4 Å². The number of benzene rings is 1. The first-order chi connectivity index (χ1) is 14.0. The highest BCUT2D eigenvalue weighted by Gasteiger charge is 2.33. The molecule has 152 valence electrons. The Labute approximate surface area is 167 Å². The number of imidazole rings is 1. The van der Waals surface area contributed by atoms with E-state index in [9.17, 15) is 13.2 Å². The van der Waals surface area contributed by atoms with Crippen molar-refractivity contribution in [1.82, 2.24) is 15.0 Å². The van der Waals surface area contributed by atoms with E-state index in [-0.39, 0.29) is 5.82 Å². The Balaban J connectivity index is 1.31. The van der Waals surface area contributed by atoms with Crippen LogP contribution in [0.15, 0.2) is 54.9 Å². The minimum atomic E-state index is -4.45. The van der Waals surface area contributed by atoms with Gasteiger partial charge in [0, 0.05) is 29.6 Å². The number of nitrogens with zero attached hydrogens (tertiary/aromatic N) is 2. The van der Waals surface area contributed by atoms with Crippen molar-refractivity contribution < 1.29 is 17.9 Å². The summed E-state index contributed by atoms with van der Waals surface area (Å²) in [6.07, 6.45) is 2.25. The van der Waals surface area contributed by atoms with E-state index >= 15 is 0 Å². The molecule has 1 saturated carbocycles. The van der Waals surface area contributed by atoms with Crippen molar-refractivity contribution >= 4 is 0 Å². The predicted molar refractivity (Wildman–Crippen MR) is 103 cm³/mol. The number of rotatable bonds is 5. The number of halogens is 3. The highest BCUT2D eigenvalue weighted by atomic mass is 19.4. The minimum absolute atomic E-state index is 0.179. The Kier molecular flexibility index (Phi) is 5.56. The van der Waals surface area contributed by atoms with Crippen molar-refractivity contribution in [3.63, 3.8) is 0 Å². The van der Waals surface area contributed by atoms with Gasteiger partial charge in [-0.15, -0.1) is 0 Å². The van der Waals surface area contributed by atoms with Crippen LogP contribution < -0.4 is 4.74 Å². The Morgan fingerprint density at radius 2 is 1.76 bits per heavy atom. The van der Waals surface area contributed by atoms with E-state index in [1.165, 1.54) is 0 Å². The SMILES string of the molecule is FC(F)(F)c1c[nH]c(-c2ccc([C@H]3CC[C@@H](COc4ccccc4)CC3)nc2)n1. The van der Waals surface area contributed by atoms with Crippen LogP contribution in [0.4, 0.5) is 13.2 Å². The fourth-order valence-corrected chi connectivity index (χ4v) is 3.76. The molecule has 1 aromatic carbocycles. The molecule has 3 aromatic rings. The van der Waals surface area contributed by atoms with Crippen LogP contribution in [0.25, 0.3) is 11.4 Å². The monoisotopic (exact) mass is 401 g/mol. The lowest BCUT2D eigenvalue weighted by atomic mass is 9.80. The molecule has 1 aliphatic rings. The number of ether oxygens (including phenoxy) is 1. The molecule has 1 aliphatic carbocycles. The topological polar surface area (TPSA) is 50.8 Å². The fourth-order valence-electron chi connectivity index (χ4n) is 3.76. The third-order valence-electron chi connectivity index (χ3n) is 5.42. The van der Waals surface area contributed by atoms with Crippen molar-refractivity contribution in [3.05, 3.63) is 66.2 Å². The maximum absolute atomic E-state index is 12.7. The summed E-state index contributed by atoms with van der Waals surface area (Å²) >= 11 is 0. The van der Waals surface area contributed by atoms with Crippen LogP contribution in [0.2, 0.25) is 0 Å². The van der Waals surface area contributed by atoms with E-state index in [1.54, 1.807) is 12.3 Å².